The van der Waals surface area contributed by atoms with E-state index < -0.39 is 18.4 Å². The summed E-state index contributed by atoms with van der Waals surface area (Å²) in [5.74, 6) is 2.19. The predicted molar refractivity (Wildman–Crippen MR) is 90.8 cm³/mol. The van der Waals surface area contributed by atoms with Crippen LogP contribution in [0.3, 0.4) is 0 Å². The molecule has 1 aliphatic rings. The molecule has 0 aromatic carbocycles. The second kappa shape index (κ2) is 7.63. The summed E-state index contributed by atoms with van der Waals surface area (Å²) in [6.45, 7) is 2.45. The zero-order chi connectivity index (χ0) is 14.6. The Kier molecular flexibility index (Phi) is 6.41. The van der Waals surface area contributed by atoms with Gasteiger partial charge in [-0.05, 0) is 0 Å². The van der Waals surface area contributed by atoms with Crippen molar-refractivity contribution in [3.8, 4) is 0 Å². The summed E-state index contributed by atoms with van der Waals surface area (Å²) in [4.78, 5) is 21.9. The monoisotopic (exact) mass is 421 g/mol. The molecule has 20 heavy (non-hydrogen) atoms. The molecule has 0 radical (unpaired) electrons. The van der Waals surface area contributed by atoms with Crippen molar-refractivity contribution in [2.24, 2.45) is 0 Å². The molecule has 0 N–H and O–H groups in total. The fraction of sp³-hybridized carbons (Fsp3) is 0.643. The Morgan fingerprint density at radius 2 is 2.05 bits per heavy atom. The number of rotatable bonds is 6. The van der Waals surface area contributed by atoms with Gasteiger partial charge in [-0.1, -0.05) is 0 Å². The fourth-order valence-electron chi connectivity index (χ4n) is 2.09. The van der Waals surface area contributed by atoms with Crippen LogP contribution in [0.1, 0.15) is 4.88 Å². The number of aldehydes is 1. The Labute approximate surface area is 133 Å². The van der Waals surface area contributed by atoms with Gasteiger partial charge >= 0.3 is 134 Å². The topological polar surface area (TPSA) is 29.5 Å². The van der Waals surface area contributed by atoms with E-state index in [1.54, 1.807) is 2.89 Å². The molecule has 1 saturated heterocycles. The average molecular weight is 420 g/mol. The third kappa shape index (κ3) is 4.73. The first kappa shape index (κ1) is 16.8. The van der Waals surface area contributed by atoms with Gasteiger partial charge in [0, 0.05) is 0 Å². The van der Waals surface area contributed by atoms with Crippen molar-refractivity contribution in [1.29, 1.82) is 0 Å². The Balaban J connectivity index is 1.89. The maximum absolute atomic E-state index is 11.2. The molecule has 0 bridgehead atoms. The molecule has 1 aromatic heterocycles. The number of thiophene rings is 1. The summed E-state index contributed by atoms with van der Waals surface area (Å²) in [7, 11) is 0. The van der Waals surface area contributed by atoms with Gasteiger partial charge in [-0.2, -0.15) is 0 Å². The molecule has 1 fully saturated rings. The molecule has 2 rings (SSSR count). The van der Waals surface area contributed by atoms with Gasteiger partial charge in [0.05, 0.1) is 0 Å². The zero-order valence-corrected chi connectivity index (χ0v) is 16.9. The van der Waals surface area contributed by atoms with E-state index in [1.807, 2.05) is 23.1 Å². The minimum absolute atomic E-state index is 0.375. The first-order chi connectivity index (χ1) is 9.50. The first-order valence-electron chi connectivity index (χ1n) is 6.98. The van der Waals surface area contributed by atoms with E-state index >= 15 is 0 Å². The number of hydrogen-bond acceptors (Lipinski definition) is 5. The molecule has 0 saturated carbocycles. The van der Waals surface area contributed by atoms with Crippen molar-refractivity contribution in [1.82, 2.24) is 4.90 Å². The SMILES string of the molecule is [CH3][Sn]([CH3])([CH3])[c]1ccc(COC(C=O)N2CCSCC2)s1. The molecule has 0 spiro atoms. The van der Waals surface area contributed by atoms with Crippen LogP contribution in [0, 0.1) is 0 Å². The normalized spacial score (nSPS) is 18.9. The first-order valence-corrected chi connectivity index (χ1v) is 18.9. The van der Waals surface area contributed by atoms with Crippen LogP contribution in [0.2, 0.25) is 14.8 Å². The number of ether oxygens (including phenoxy) is 1. The van der Waals surface area contributed by atoms with E-state index in [2.05, 4.69) is 31.9 Å². The second-order valence-corrected chi connectivity index (χ2v) is 23.8. The Morgan fingerprint density at radius 1 is 1.35 bits per heavy atom. The molecule has 6 heteroatoms. The Hall–Kier alpha value is 0.439. The standard InChI is InChI=1S/C11H14NO2S2.3CH3.Sn/c13-8-11(12-3-6-15-7-4-12)14-9-10-2-1-5-16-10;;;;/h1-2,8,11H,3-4,6-7,9H2;3*1H3;. The number of thioether (sulfide) groups is 1. The van der Waals surface area contributed by atoms with Crippen LogP contribution in [0.5, 0.6) is 0 Å². The van der Waals surface area contributed by atoms with Gasteiger partial charge in [0.2, 0.25) is 0 Å². The third-order valence-electron chi connectivity index (χ3n) is 3.32. The average Bonchev–Trinajstić information content (AvgIpc) is 2.89. The van der Waals surface area contributed by atoms with Crippen LogP contribution < -0.4 is 2.89 Å². The summed E-state index contributed by atoms with van der Waals surface area (Å²) in [6, 6.07) is 4.42. The molecule has 1 atom stereocenters. The molecule has 112 valence electrons. The summed E-state index contributed by atoms with van der Waals surface area (Å²) >= 11 is 1.86. The van der Waals surface area contributed by atoms with Crippen molar-refractivity contribution in [2.75, 3.05) is 24.6 Å². The van der Waals surface area contributed by atoms with Crippen molar-refractivity contribution in [3.05, 3.63) is 17.0 Å². The molecule has 3 nitrogen and oxygen atoms in total. The van der Waals surface area contributed by atoms with Crippen molar-refractivity contribution < 1.29 is 9.53 Å². The van der Waals surface area contributed by atoms with Crippen molar-refractivity contribution in [3.63, 3.8) is 0 Å². The predicted octanol–water partition coefficient (Wildman–Crippen LogP) is 2.38. The molecular weight excluding hydrogens is 397 g/mol. The number of carbonyl (C=O) groups excluding carboxylic acids is 1. The molecule has 1 unspecified atom stereocenters. The number of carbonyl (C=O) groups is 1. The van der Waals surface area contributed by atoms with Crippen molar-refractivity contribution in [2.45, 2.75) is 27.7 Å². The van der Waals surface area contributed by atoms with E-state index in [-0.39, 0.29) is 6.23 Å². The van der Waals surface area contributed by atoms with E-state index in [1.165, 1.54) is 4.88 Å². The molecule has 1 aliphatic heterocycles. The van der Waals surface area contributed by atoms with Gasteiger partial charge in [-0.25, -0.2) is 0 Å². The summed E-state index contributed by atoms with van der Waals surface area (Å²) < 4.78 is 7.39. The summed E-state index contributed by atoms with van der Waals surface area (Å²) in [6.07, 6.45) is 0.563. The van der Waals surface area contributed by atoms with Gasteiger partial charge < -0.3 is 0 Å². The molecule has 0 aliphatic carbocycles. The Morgan fingerprint density at radius 3 is 2.60 bits per heavy atom. The second-order valence-electron chi connectivity index (χ2n) is 6.00. The van der Waals surface area contributed by atoms with Gasteiger partial charge in [0.15, 0.2) is 0 Å². The molecule has 0 amide bonds. The molecular formula is C14H23NO2S2Sn. The number of nitrogens with zero attached hydrogens (tertiary/aromatic N) is 1. The van der Waals surface area contributed by atoms with Crippen LogP contribution in [0.25, 0.3) is 0 Å². The molecule has 1 aromatic rings. The van der Waals surface area contributed by atoms with Gasteiger partial charge in [-0.3, -0.25) is 0 Å². The van der Waals surface area contributed by atoms with Gasteiger partial charge in [0.25, 0.3) is 0 Å². The van der Waals surface area contributed by atoms with Crippen LogP contribution in [0.4, 0.5) is 0 Å². The summed E-state index contributed by atoms with van der Waals surface area (Å²) in [5.41, 5.74) is 0. The number of hydrogen-bond donors (Lipinski definition) is 0. The van der Waals surface area contributed by atoms with E-state index in [0.717, 1.165) is 30.9 Å². The zero-order valence-electron chi connectivity index (χ0n) is 12.4. The fourth-order valence-corrected chi connectivity index (χ4v) is 9.42. The summed E-state index contributed by atoms with van der Waals surface area (Å²) in [5, 5.41) is 0. The van der Waals surface area contributed by atoms with Gasteiger partial charge in [0.1, 0.15) is 0 Å². The minimum atomic E-state index is -1.95. The third-order valence-corrected chi connectivity index (χ3v) is 14.8. The maximum atomic E-state index is 11.2. The van der Waals surface area contributed by atoms with E-state index in [0.29, 0.717) is 6.61 Å². The molecule has 2 heterocycles. The van der Waals surface area contributed by atoms with Crippen LogP contribution in [0.15, 0.2) is 12.1 Å². The van der Waals surface area contributed by atoms with Crippen LogP contribution in [-0.4, -0.2) is 60.4 Å². The van der Waals surface area contributed by atoms with Crippen LogP contribution >= 0.6 is 23.1 Å². The van der Waals surface area contributed by atoms with E-state index in [9.17, 15) is 4.79 Å². The van der Waals surface area contributed by atoms with Crippen molar-refractivity contribution >= 4 is 50.7 Å². The Bertz CT molecular complexity index is 439. The van der Waals surface area contributed by atoms with Crippen LogP contribution in [-0.2, 0) is 16.1 Å². The van der Waals surface area contributed by atoms with E-state index in [4.69, 9.17) is 4.74 Å². The van der Waals surface area contributed by atoms with Gasteiger partial charge in [-0.15, -0.1) is 0 Å². The quantitative estimate of drug-likeness (QED) is 0.523.